The maximum atomic E-state index is 12.3. The average Bonchev–Trinajstić information content (AvgIpc) is 2.42. The number of hydrogen-bond donors (Lipinski definition) is 2. The summed E-state index contributed by atoms with van der Waals surface area (Å²) in [5.41, 5.74) is 1.19. The number of benzene rings is 1. The van der Waals surface area contributed by atoms with Gasteiger partial charge in [-0.3, -0.25) is 0 Å². The summed E-state index contributed by atoms with van der Waals surface area (Å²) in [5, 5.41) is 9.10. The summed E-state index contributed by atoms with van der Waals surface area (Å²) in [6, 6.07) is 6.88. The SMILES string of the molecule is COC1CC(NS(=O)(=O)Cc2cccc(CO)c2)C1(C)C. The fourth-order valence-electron chi connectivity index (χ4n) is 2.78. The van der Waals surface area contributed by atoms with E-state index in [0.717, 1.165) is 0 Å². The van der Waals surface area contributed by atoms with E-state index in [9.17, 15) is 8.42 Å². The van der Waals surface area contributed by atoms with Gasteiger partial charge in [0.2, 0.25) is 10.0 Å². The van der Waals surface area contributed by atoms with Gasteiger partial charge in [-0.1, -0.05) is 38.1 Å². The highest BCUT2D eigenvalue weighted by molar-refractivity contribution is 7.88. The predicted octanol–water partition coefficient (Wildman–Crippen LogP) is 1.41. The molecule has 1 aliphatic rings. The molecule has 0 bridgehead atoms. The van der Waals surface area contributed by atoms with Crippen LogP contribution in [0.5, 0.6) is 0 Å². The monoisotopic (exact) mass is 313 g/mol. The average molecular weight is 313 g/mol. The molecule has 0 saturated heterocycles. The first-order chi connectivity index (χ1) is 9.78. The molecule has 0 heterocycles. The zero-order valence-corrected chi connectivity index (χ0v) is 13.5. The van der Waals surface area contributed by atoms with Gasteiger partial charge in [-0.2, -0.15) is 0 Å². The van der Waals surface area contributed by atoms with E-state index < -0.39 is 10.0 Å². The van der Waals surface area contributed by atoms with Crippen LogP contribution >= 0.6 is 0 Å². The van der Waals surface area contributed by atoms with Crippen molar-refractivity contribution >= 4 is 10.0 Å². The molecule has 0 amide bonds. The molecule has 5 nitrogen and oxygen atoms in total. The van der Waals surface area contributed by atoms with Crippen molar-refractivity contribution in [1.82, 2.24) is 4.72 Å². The lowest BCUT2D eigenvalue weighted by Crippen LogP contribution is -2.61. The Kier molecular flexibility index (Phi) is 4.72. The van der Waals surface area contributed by atoms with Crippen LogP contribution in [0.1, 0.15) is 31.4 Å². The fraction of sp³-hybridized carbons (Fsp3) is 0.600. The topological polar surface area (TPSA) is 75.6 Å². The first-order valence-electron chi connectivity index (χ1n) is 7.00. The summed E-state index contributed by atoms with van der Waals surface area (Å²) in [6.07, 6.45) is 0.780. The number of methoxy groups -OCH3 is 1. The molecule has 118 valence electrons. The molecular formula is C15H23NO4S. The van der Waals surface area contributed by atoms with Crippen LogP contribution in [0.25, 0.3) is 0 Å². The van der Waals surface area contributed by atoms with Crippen molar-refractivity contribution in [3.8, 4) is 0 Å². The van der Waals surface area contributed by atoms with Gasteiger partial charge >= 0.3 is 0 Å². The third-order valence-electron chi connectivity index (χ3n) is 4.31. The quantitative estimate of drug-likeness (QED) is 0.832. The Balaban J connectivity index is 2.03. The molecule has 2 atom stereocenters. The normalized spacial score (nSPS) is 24.6. The Morgan fingerprint density at radius 1 is 1.38 bits per heavy atom. The van der Waals surface area contributed by atoms with Gasteiger partial charge in [0.1, 0.15) is 0 Å². The third kappa shape index (κ3) is 3.63. The van der Waals surface area contributed by atoms with Crippen LogP contribution in [0, 0.1) is 5.41 Å². The van der Waals surface area contributed by atoms with E-state index in [1.54, 1.807) is 31.4 Å². The maximum Gasteiger partial charge on any atom is 0.216 e. The zero-order valence-electron chi connectivity index (χ0n) is 12.7. The second-order valence-electron chi connectivity index (χ2n) is 6.19. The number of aliphatic hydroxyl groups is 1. The van der Waals surface area contributed by atoms with Crippen LogP contribution in [0.4, 0.5) is 0 Å². The Bertz CT molecular complexity index is 597. The highest BCUT2D eigenvalue weighted by atomic mass is 32.2. The molecule has 1 aromatic rings. The van der Waals surface area contributed by atoms with Crippen LogP contribution in [0.3, 0.4) is 0 Å². The molecule has 1 aromatic carbocycles. The second kappa shape index (κ2) is 6.04. The molecule has 0 aromatic heterocycles. The molecule has 1 aliphatic carbocycles. The maximum absolute atomic E-state index is 12.3. The van der Waals surface area contributed by atoms with Crippen molar-refractivity contribution in [3.05, 3.63) is 35.4 Å². The number of rotatable bonds is 6. The number of ether oxygens (including phenoxy) is 1. The number of sulfonamides is 1. The summed E-state index contributed by atoms with van der Waals surface area (Å²) in [7, 11) is -1.76. The first kappa shape index (κ1) is 16.4. The van der Waals surface area contributed by atoms with Gasteiger partial charge < -0.3 is 9.84 Å². The Morgan fingerprint density at radius 3 is 2.62 bits per heavy atom. The minimum Gasteiger partial charge on any atom is -0.392 e. The van der Waals surface area contributed by atoms with Gasteiger partial charge in [-0.25, -0.2) is 13.1 Å². The highest BCUT2D eigenvalue weighted by Gasteiger charge is 2.49. The zero-order chi connectivity index (χ0) is 15.7. The Morgan fingerprint density at radius 2 is 2.05 bits per heavy atom. The minimum absolute atomic E-state index is 0.0783. The number of aliphatic hydroxyl groups excluding tert-OH is 1. The van der Waals surface area contributed by atoms with Gasteiger partial charge in [-0.05, 0) is 17.5 Å². The van der Waals surface area contributed by atoms with E-state index in [1.165, 1.54) is 0 Å². The molecule has 2 rings (SSSR count). The summed E-state index contributed by atoms with van der Waals surface area (Å²) in [6.45, 7) is 3.92. The molecule has 2 N–H and O–H groups in total. The smallest absolute Gasteiger partial charge is 0.216 e. The standard InChI is InChI=1S/C15H23NO4S/c1-15(2)13(8-14(15)20-3)16-21(18,19)10-12-6-4-5-11(7-12)9-17/h4-7,13-14,16-17H,8-10H2,1-3H3. The lowest BCUT2D eigenvalue weighted by Gasteiger charge is -2.51. The van der Waals surface area contributed by atoms with Crippen molar-refractivity contribution in [2.75, 3.05) is 7.11 Å². The number of hydrogen-bond acceptors (Lipinski definition) is 4. The van der Waals surface area contributed by atoms with Crippen LogP contribution in [-0.4, -0.2) is 32.8 Å². The largest absolute Gasteiger partial charge is 0.392 e. The van der Waals surface area contributed by atoms with Crippen LogP contribution in [0.15, 0.2) is 24.3 Å². The molecule has 21 heavy (non-hydrogen) atoms. The molecule has 0 radical (unpaired) electrons. The van der Waals surface area contributed by atoms with Crippen molar-refractivity contribution in [3.63, 3.8) is 0 Å². The molecule has 0 aliphatic heterocycles. The Labute approximate surface area is 126 Å². The summed E-state index contributed by atoms with van der Waals surface area (Å²) >= 11 is 0. The molecular weight excluding hydrogens is 290 g/mol. The van der Waals surface area contributed by atoms with Crippen molar-refractivity contribution in [1.29, 1.82) is 0 Å². The van der Waals surface area contributed by atoms with Crippen LogP contribution in [0.2, 0.25) is 0 Å². The predicted molar refractivity (Wildman–Crippen MR) is 81.1 cm³/mol. The second-order valence-corrected chi connectivity index (χ2v) is 7.94. The summed E-state index contributed by atoms with van der Waals surface area (Å²) in [5.74, 6) is -0.0783. The molecule has 0 spiro atoms. The van der Waals surface area contributed by atoms with Gasteiger partial charge in [0.25, 0.3) is 0 Å². The van der Waals surface area contributed by atoms with Gasteiger partial charge in [-0.15, -0.1) is 0 Å². The van der Waals surface area contributed by atoms with E-state index in [-0.39, 0.29) is 29.9 Å². The first-order valence-corrected chi connectivity index (χ1v) is 8.65. The van der Waals surface area contributed by atoms with Gasteiger partial charge in [0.15, 0.2) is 0 Å². The third-order valence-corrected chi connectivity index (χ3v) is 5.67. The summed E-state index contributed by atoms with van der Waals surface area (Å²) in [4.78, 5) is 0. The summed E-state index contributed by atoms with van der Waals surface area (Å²) < 4.78 is 32.6. The van der Waals surface area contributed by atoms with E-state index in [4.69, 9.17) is 9.84 Å². The minimum atomic E-state index is -3.41. The molecule has 1 fully saturated rings. The van der Waals surface area contributed by atoms with E-state index in [2.05, 4.69) is 4.72 Å². The van der Waals surface area contributed by atoms with E-state index >= 15 is 0 Å². The van der Waals surface area contributed by atoms with Crippen molar-refractivity contribution in [2.45, 2.75) is 44.8 Å². The van der Waals surface area contributed by atoms with Gasteiger partial charge in [0, 0.05) is 18.6 Å². The highest BCUT2D eigenvalue weighted by Crippen LogP contribution is 2.42. The lowest BCUT2D eigenvalue weighted by atomic mass is 9.65. The van der Waals surface area contributed by atoms with Crippen LogP contribution < -0.4 is 4.72 Å². The van der Waals surface area contributed by atoms with Crippen molar-refractivity contribution < 1.29 is 18.3 Å². The van der Waals surface area contributed by atoms with E-state index in [0.29, 0.717) is 17.5 Å². The lowest BCUT2D eigenvalue weighted by molar-refractivity contribution is -0.0908. The molecule has 1 saturated carbocycles. The van der Waals surface area contributed by atoms with E-state index in [1.807, 2.05) is 13.8 Å². The molecule has 6 heteroatoms. The fourth-order valence-corrected chi connectivity index (χ4v) is 4.32. The van der Waals surface area contributed by atoms with Crippen molar-refractivity contribution in [2.24, 2.45) is 5.41 Å². The van der Waals surface area contributed by atoms with Crippen LogP contribution in [-0.2, 0) is 27.1 Å². The number of nitrogens with one attached hydrogen (secondary N) is 1. The Hall–Kier alpha value is -0.950. The van der Waals surface area contributed by atoms with Gasteiger partial charge in [0.05, 0.1) is 18.5 Å². The molecule has 2 unspecified atom stereocenters.